The van der Waals surface area contributed by atoms with E-state index in [1.165, 1.54) is 32.4 Å². The Morgan fingerprint density at radius 3 is 2.44 bits per heavy atom. The summed E-state index contributed by atoms with van der Waals surface area (Å²) in [6.07, 6.45) is 4.15. The Hall–Kier alpha value is -0.860. The lowest BCUT2D eigenvalue weighted by atomic mass is 9.99. The maximum atomic E-state index is 10.3. The van der Waals surface area contributed by atoms with Gasteiger partial charge in [-0.3, -0.25) is 9.89 Å². The zero-order valence-corrected chi connectivity index (χ0v) is 19.4. The van der Waals surface area contributed by atoms with Crippen molar-refractivity contribution in [3.63, 3.8) is 0 Å². The number of piperidine rings is 1. The van der Waals surface area contributed by atoms with Gasteiger partial charge in [0.15, 0.2) is 5.96 Å². The Balaban J connectivity index is 0.00000364. The smallest absolute Gasteiger partial charge is 0.191 e. The van der Waals surface area contributed by atoms with E-state index >= 15 is 0 Å². The molecule has 154 valence electrons. The van der Waals surface area contributed by atoms with E-state index in [0.29, 0.717) is 13.0 Å². The first-order valence-corrected chi connectivity index (χ1v) is 10.0. The fraction of sp³-hybridized carbons (Fsp3) is 0.667. The highest BCUT2D eigenvalue weighted by molar-refractivity contribution is 14.0. The average Bonchev–Trinajstić information content (AvgIpc) is 2.67. The van der Waals surface area contributed by atoms with Crippen LogP contribution in [0.2, 0.25) is 0 Å². The Kier molecular flexibility index (Phi) is 11.3. The molecule has 27 heavy (non-hydrogen) atoms. The van der Waals surface area contributed by atoms with Crippen LogP contribution in [0.4, 0.5) is 0 Å². The van der Waals surface area contributed by atoms with Crippen LogP contribution in [0, 0.1) is 0 Å². The fourth-order valence-electron chi connectivity index (χ4n) is 3.38. The summed E-state index contributed by atoms with van der Waals surface area (Å²) in [5, 5.41) is 17.0. The predicted molar refractivity (Wildman–Crippen MR) is 125 cm³/mol. The maximum Gasteiger partial charge on any atom is 0.191 e. The first-order valence-electron chi connectivity index (χ1n) is 10.0. The van der Waals surface area contributed by atoms with Crippen LogP contribution in [0.25, 0.3) is 0 Å². The monoisotopic (exact) mass is 488 g/mol. The van der Waals surface area contributed by atoms with Gasteiger partial charge in [0.25, 0.3) is 0 Å². The van der Waals surface area contributed by atoms with Crippen molar-refractivity contribution in [2.45, 2.75) is 58.1 Å². The quantitative estimate of drug-likeness (QED) is 0.298. The van der Waals surface area contributed by atoms with Crippen LogP contribution in [0.1, 0.15) is 58.1 Å². The first-order chi connectivity index (χ1) is 12.5. The van der Waals surface area contributed by atoms with Gasteiger partial charge in [0.2, 0.25) is 0 Å². The topological polar surface area (TPSA) is 59.9 Å². The van der Waals surface area contributed by atoms with Gasteiger partial charge in [0, 0.05) is 18.6 Å². The van der Waals surface area contributed by atoms with Crippen LogP contribution in [-0.4, -0.2) is 54.2 Å². The van der Waals surface area contributed by atoms with E-state index in [9.17, 15) is 5.11 Å². The summed E-state index contributed by atoms with van der Waals surface area (Å²) in [5.41, 5.74) is 1.04. The molecule has 3 N–H and O–H groups in total. The number of rotatable bonds is 8. The number of hydrogen-bond donors (Lipinski definition) is 3. The Morgan fingerprint density at radius 2 is 1.81 bits per heavy atom. The highest BCUT2D eigenvalue weighted by atomic mass is 127. The van der Waals surface area contributed by atoms with Crippen molar-refractivity contribution in [3.8, 4) is 0 Å². The molecule has 0 radical (unpaired) electrons. The molecule has 1 fully saturated rings. The molecule has 2 rings (SSSR count). The van der Waals surface area contributed by atoms with Crippen LogP contribution in [-0.2, 0) is 0 Å². The number of aliphatic imine (C=N–C) groups is 1. The Labute approximate surface area is 182 Å². The molecule has 1 aromatic rings. The fourth-order valence-corrected chi connectivity index (χ4v) is 3.38. The average molecular weight is 488 g/mol. The third kappa shape index (κ3) is 8.35. The van der Waals surface area contributed by atoms with Crippen molar-refractivity contribution < 1.29 is 5.11 Å². The number of guanidine groups is 1. The molecule has 1 atom stereocenters. The molecular weight excluding hydrogens is 451 g/mol. The lowest BCUT2D eigenvalue weighted by molar-refractivity contribution is 0.102. The summed E-state index contributed by atoms with van der Waals surface area (Å²) in [4.78, 5) is 7.36. The molecule has 1 aliphatic rings. The molecule has 0 saturated carbocycles. The van der Waals surface area contributed by atoms with Crippen molar-refractivity contribution in [1.82, 2.24) is 15.5 Å². The number of nitrogens with one attached hydrogen (secondary N) is 2. The summed E-state index contributed by atoms with van der Waals surface area (Å²) >= 11 is 0. The van der Waals surface area contributed by atoms with Crippen molar-refractivity contribution in [2.24, 2.45) is 4.99 Å². The number of aliphatic hydroxyl groups is 1. The number of benzene rings is 1. The van der Waals surface area contributed by atoms with Gasteiger partial charge >= 0.3 is 0 Å². The molecule has 1 heterocycles. The van der Waals surface area contributed by atoms with Gasteiger partial charge in [-0.1, -0.05) is 36.8 Å². The standard InChI is InChI=1S/C21H36N4O.HI/c1-4-22-20(23-14-13-19(26)18-11-7-5-8-12-18)24-17-21(2,3)25-15-9-6-10-16-25;/h5,7-8,11-12,19,26H,4,6,9-10,13-17H2,1-3H3,(H2,22,23,24);1H. The Morgan fingerprint density at radius 1 is 1.15 bits per heavy atom. The molecule has 0 spiro atoms. The Bertz CT molecular complexity index is 544. The molecule has 0 aliphatic carbocycles. The summed E-state index contributed by atoms with van der Waals surface area (Å²) in [7, 11) is 0. The second-order valence-electron chi connectivity index (χ2n) is 7.70. The molecule has 6 heteroatoms. The van der Waals surface area contributed by atoms with Crippen molar-refractivity contribution >= 4 is 29.9 Å². The molecular formula is C21H37IN4O. The van der Waals surface area contributed by atoms with Gasteiger partial charge in [-0.2, -0.15) is 0 Å². The minimum absolute atomic E-state index is 0. The van der Waals surface area contributed by atoms with E-state index in [1.807, 2.05) is 30.3 Å². The maximum absolute atomic E-state index is 10.3. The van der Waals surface area contributed by atoms with Crippen LogP contribution in [0.5, 0.6) is 0 Å². The zero-order chi connectivity index (χ0) is 18.8. The third-order valence-corrected chi connectivity index (χ3v) is 5.08. The highest BCUT2D eigenvalue weighted by Gasteiger charge is 2.27. The molecule has 1 unspecified atom stereocenters. The molecule has 1 aromatic carbocycles. The summed E-state index contributed by atoms with van der Waals surface area (Å²) in [5.74, 6) is 0.831. The minimum Gasteiger partial charge on any atom is -0.388 e. The van der Waals surface area contributed by atoms with E-state index in [1.54, 1.807) is 0 Å². The first kappa shape index (κ1) is 24.2. The van der Waals surface area contributed by atoms with E-state index in [4.69, 9.17) is 4.99 Å². The van der Waals surface area contributed by atoms with Crippen LogP contribution < -0.4 is 10.6 Å². The van der Waals surface area contributed by atoms with E-state index in [2.05, 4.69) is 36.3 Å². The summed E-state index contributed by atoms with van der Waals surface area (Å²) in [6, 6.07) is 9.81. The largest absolute Gasteiger partial charge is 0.388 e. The second kappa shape index (κ2) is 12.6. The molecule has 0 aromatic heterocycles. The van der Waals surface area contributed by atoms with Crippen molar-refractivity contribution in [2.75, 3.05) is 32.7 Å². The van der Waals surface area contributed by atoms with Crippen molar-refractivity contribution in [3.05, 3.63) is 35.9 Å². The van der Waals surface area contributed by atoms with Gasteiger partial charge in [-0.25, -0.2) is 0 Å². The second-order valence-corrected chi connectivity index (χ2v) is 7.70. The summed E-state index contributed by atoms with van der Waals surface area (Å²) in [6.45, 7) is 11.3. The number of hydrogen-bond acceptors (Lipinski definition) is 3. The number of nitrogens with zero attached hydrogens (tertiary/aromatic N) is 2. The number of aliphatic hydroxyl groups excluding tert-OH is 1. The van der Waals surface area contributed by atoms with Gasteiger partial charge in [-0.05, 0) is 58.7 Å². The lowest BCUT2D eigenvalue weighted by Crippen LogP contribution is -2.49. The van der Waals surface area contributed by atoms with E-state index < -0.39 is 6.10 Å². The lowest BCUT2D eigenvalue weighted by Gasteiger charge is -2.40. The van der Waals surface area contributed by atoms with Gasteiger partial charge < -0.3 is 15.7 Å². The van der Waals surface area contributed by atoms with Crippen LogP contribution >= 0.6 is 24.0 Å². The predicted octanol–water partition coefficient (Wildman–Crippen LogP) is 3.55. The van der Waals surface area contributed by atoms with Gasteiger partial charge in [0.05, 0.1) is 12.6 Å². The van der Waals surface area contributed by atoms with Crippen molar-refractivity contribution in [1.29, 1.82) is 0 Å². The zero-order valence-electron chi connectivity index (χ0n) is 17.1. The molecule has 1 saturated heterocycles. The normalized spacial score (nSPS) is 17.1. The van der Waals surface area contributed by atoms with E-state index in [0.717, 1.165) is 24.6 Å². The molecule has 0 bridgehead atoms. The highest BCUT2D eigenvalue weighted by Crippen LogP contribution is 2.20. The minimum atomic E-state index is -0.448. The molecule has 5 nitrogen and oxygen atoms in total. The number of halogens is 1. The van der Waals surface area contributed by atoms with Crippen LogP contribution in [0.15, 0.2) is 35.3 Å². The van der Waals surface area contributed by atoms with Crippen LogP contribution in [0.3, 0.4) is 0 Å². The number of likely N-dealkylation sites (tertiary alicyclic amines) is 1. The third-order valence-electron chi connectivity index (χ3n) is 5.08. The molecule has 0 amide bonds. The SMILES string of the molecule is CCNC(=NCC(C)(C)N1CCCCC1)NCCC(O)c1ccccc1.I. The molecule has 1 aliphatic heterocycles. The van der Waals surface area contributed by atoms with Gasteiger partial charge in [0.1, 0.15) is 0 Å². The van der Waals surface area contributed by atoms with Gasteiger partial charge in [-0.15, -0.1) is 24.0 Å². The summed E-state index contributed by atoms with van der Waals surface area (Å²) < 4.78 is 0. The van der Waals surface area contributed by atoms with E-state index in [-0.39, 0.29) is 29.5 Å².